The van der Waals surface area contributed by atoms with Crippen LogP contribution in [0.25, 0.3) is 0 Å². The maximum absolute atomic E-state index is 12.8. The first-order valence-electron chi connectivity index (χ1n) is 9.79. The predicted octanol–water partition coefficient (Wildman–Crippen LogP) is 3.12. The van der Waals surface area contributed by atoms with Crippen molar-refractivity contribution in [2.24, 2.45) is 29.6 Å². The van der Waals surface area contributed by atoms with Gasteiger partial charge in [-0.05, 0) is 80.4 Å². The number of carbonyl (C=O) groups excluding carboxylic acids is 2. The number of hydrogen-bond acceptors (Lipinski definition) is 2. The Hall–Kier alpha value is -1.84. The molecule has 4 fully saturated rings. The summed E-state index contributed by atoms with van der Waals surface area (Å²) in [6.45, 7) is 3.09. The minimum atomic E-state index is -0.0494. The first-order chi connectivity index (χ1) is 12.1. The normalized spacial score (nSPS) is 32.4. The molecular weight excluding hydrogens is 312 g/mol. The van der Waals surface area contributed by atoms with Crippen molar-refractivity contribution < 1.29 is 9.59 Å². The van der Waals surface area contributed by atoms with Gasteiger partial charge in [0.2, 0.25) is 5.91 Å². The van der Waals surface area contributed by atoms with E-state index in [-0.39, 0.29) is 17.7 Å². The SMILES string of the molecule is CCNC(=O)c1ccc(CNC(=O)C2C3CC4CC(C3)CC2C4)cc1. The molecule has 0 saturated heterocycles. The molecule has 0 radical (unpaired) electrons. The van der Waals surface area contributed by atoms with E-state index >= 15 is 0 Å². The third-order valence-electron chi connectivity index (χ3n) is 6.55. The first kappa shape index (κ1) is 16.6. The topological polar surface area (TPSA) is 58.2 Å². The second-order valence-electron chi connectivity index (χ2n) is 8.23. The molecule has 2 N–H and O–H groups in total. The van der Waals surface area contributed by atoms with Crippen molar-refractivity contribution in [2.75, 3.05) is 6.54 Å². The molecule has 1 aromatic rings. The number of benzene rings is 1. The van der Waals surface area contributed by atoms with E-state index in [0.717, 1.165) is 17.4 Å². The fourth-order valence-electron chi connectivity index (χ4n) is 5.70. The van der Waals surface area contributed by atoms with Gasteiger partial charge in [0.25, 0.3) is 5.91 Å². The van der Waals surface area contributed by atoms with Crippen LogP contribution in [0.1, 0.15) is 54.9 Å². The Morgan fingerprint density at radius 3 is 2.08 bits per heavy atom. The molecule has 4 heteroatoms. The van der Waals surface area contributed by atoms with Crippen LogP contribution < -0.4 is 10.6 Å². The second kappa shape index (κ2) is 6.81. The van der Waals surface area contributed by atoms with Crippen molar-refractivity contribution in [3.05, 3.63) is 35.4 Å². The van der Waals surface area contributed by atoms with Crippen molar-refractivity contribution >= 4 is 11.8 Å². The zero-order chi connectivity index (χ0) is 17.4. The van der Waals surface area contributed by atoms with Gasteiger partial charge in [-0.2, -0.15) is 0 Å². The summed E-state index contributed by atoms with van der Waals surface area (Å²) in [5.41, 5.74) is 1.71. The fourth-order valence-corrected chi connectivity index (χ4v) is 5.70. The third kappa shape index (κ3) is 3.31. The summed E-state index contributed by atoms with van der Waals surface area (Å²) < 4.78 is 0. The van der Waals surface area contributed by atoms with Gasteiger partial charge in [0.15, 0.2) is 0 Å². The van der Waals surface area contributed by atoms with Crippen molar-refractivity contribution in [1.29, 1.82) is 0 Å². The van der Waals surface area contributed by atoms with Crippen molar-refractivity contribution in [2.45, 2.75) is 45.6 Å². The highest BCUT2D eigenvalue weighted by Gasteiger charge is 2.50. The van der Waals surface area contributed by atoms with Crippen LogP contribution in [0.2, 0.25) is 0 Å². The largest absolute Gasteiger partial charge is 0.352 e. The average molecular weight is 340 g/mol. The highest BCUT2D eigenvalue weighted by Crippen LogP contribution is 2.56. The quantitative estimate of drug-likeness (QED) is 0.865. The number of rotatable bonds is 5. The highest BCUT2D eigenvalue weighted by molar-refractivity contribution is 5.94. The lowest BCUT2D eigenvalue weighted by Gasteiger charge is -2.53. The number of nitrogens with one attached hydrogen (secondary N) is 2. The lowest BCUT2D eigenvalue weighted by molar-refractivity contribution is -0.138. The Kier molecular flexibility index (Phi) is 4.53. The van der Waals surface area contributed by atoms with Crippen LogP contribution in [0.3, 0.4) is 0 Å². The van der Waals surface area contributed by atoms with Crippen LogP contribution >= 0.6 is 0 Å². The average Bonchev–Trinajstić information content (AvgIpc) is 2.59. The molecule has 0 unspecified atom stereocenters. The minimum Gasteiger partial charge on any atom is -0.352 e. The van der Waals surface area contributed by atoms with Crippen LogP contribution in [0.15, 0.2) is 24.3 Å². The van der Waals surface area contributed by atoms with E-state index in [2.05, 4.69) is 10.6 Å². The molecule has 4 aliphatic rings. The Morgan fingerprint density at radius 2 is 1.52 bits per heavy atom. The molecule has 4 aliphatic carbocycles. The number of amides is 2. The predicted molar refractivity (Wildman–Crippen MR) is 96.8 cm³/mol. The molecule has 0 atom stereocenters. The zero-order valence-electron chi connectivity index (χ0n) is 15.0. The van der Waals surface area contributed by atoms with Gasteiger partial charge in [-0.15, -0.1) is 0 Å². The Bertz CT molecular complexity index is 624. The zero-order valence-corrected chi connectivity index (χ0v) is 15.0. The van der Waals surface area contributed by atoms with Gasteiger partial charge in [0.05, 0.1) is 0 Å². The van der Waals surface area contributed by atoms with Crippen LogP contribution in [0.4, 0.5) is 0 Å². The lowest BCUT2D eigenvalue weighted by atomic mass is 9.51. The fraction of sp³-hybridized carbons (Fsp3) is 0.619. The van der Waals surface area contributed by atoms with E-state index in [4.69, 9.17) is 0 Å². The molecule has 5 rings (SSSR count). The summed E-state index contributed by atoms with van der Waals surface area (Å²) in [5.74, 6) is 3.48. The van der Waals surface area contributed by atoms with Gasteiger partial charge in [-0.1, -0.05) is 12.1 Å². The highest BCUT2D eigenvalue weighted by atomic mass is 16.2. The second-order valence-corrected chi connectivity index (χ2v) is 8.23. The van der Waals surface area contributed by atoms with Gasteiger partial charge in [0.1, 0.15) is 0 Å². The molecule has 0 aliphatic heterocycles. The van der Waals surface area contributed by atoms with E-state index in [1.165, 1.54) is 32.1 Å². The summed E-state index contributed by atoms with van der Waals surface area (Å²) >= 11 is 0. The molecule has 4 bridgehead atoms. The monoisotopic (exact) mass is 340 g/mol. The van der Waals surface area contributed by atoms with Crippen LogP contribution in [0.5, 0.6) is 0 Å². The molecule has 134 valence electrons. The Balaban J connectivity index is 1.34. The third-order valence-corrected chi connectivity index (χ3v) is 6.55. The maximum Gasteiger partial charge on any atom is 0.251 e. The van der Waals surface area contributed by atoms with Gasteiger partial charge in [0, 0.05) is 24.6 Å². The van der Waals surface area contributed by atoms with E-state index in [9.17, 15) is 9.59 Å². The molecule has 0 heterocycles. The van der Waals surface area contributed by atoms with E-state index < -0.39 is 0 Å². The Labute approximate surface area is 149 Å². The van der Waals surface area contributed by atoms with Crippen LogP contribution in [-0.4, -0.2) is 18.4 Å². The molecule has 0 aromatic heterocycles. The van der Waals surface area contributed by atoms with Crippen molar-refractivity contribution in [3.8, 4) is 0 Å². The molecule has 1 aromatic carbocycles. The lowest BCUT2D eigenvalue weighted by Crippen LogP contribution is -2.50. The molecule has 4 nitrogen and oxygen atoms in total. The summed E-state index contributed by atoms with van der Waals surface area (Å²) in [7, 11) is 0. The summed E-state index contributed by atoms with van der Waals surface area (Å²) in [5, 5.41) is 5.96. The van der Waals surface area contributed by atoms with E-state index in [1.54, 1.807) is 0 Å². The molecule has 25 heavy (non-hydrogen) atoms. The number of carbonyl (C=O) groups is 2. The smallest absolute Gasteiger partial charge is 0.251 e. The Morgan fingerprint density at radius 1 is 0.920 bits per heavy atom. The van der Waals surface area contributed by atoms with Gasteiger partial charge >= 0.3 is 0 Å². The van der Waals surface area contributed by atoms with Crippen LogP contribution in [0, 0.1) is 29.6 Å². The van der Waals surface area contributed by atoms with Crippen molar-refractivity contribution in [1.82, 2.24) is 10.6 Å². The standard InChI is InChI=1S/C21H28N2O2/c1-2-22-20(24)16-5-3-13(4-6-16)12-23-21(25)19-17-8-14-7-15(10-17)11-18(19)9-14/h3-6,14-15,17-19H,2,7-12H2,1H3,(H,22,24)(H,23,25). The summed E-state index contributed by atoms with van der Waals surface area (Å²) in [4.78, 5) is 24.6. The summed E-state index contributed by atoms with van der Waals surface area (Å²) in [6, 6.07) is 7.52. The summed E-state index contributed by atoms with van der Waals surface area (Å²) in [6.07, 6.45) is 6.50. The van der Waals surface area contributed by atoms with Gasteiger partial charge in [-0.3, -0.25) is 9.59 Å². The molecular formula is C21H28N2O2. The van der Waals surface area contributed by atoms with Gasteiger partial charge < -0.3 is 10.6 Å². The van der Waals surface area contributed by atoms with Gasteiger partial charge in [-0.25, -0.2) is 0 Å². The van der Waals surface area contributed by atoms with Crippen LogP contribution in [-0.2, 0) is 11.3 Å². The maximum atomic E-state index is 12.8. The number of hydrogen-bond donors (Lipinski definition) is 2. The van der Waals surface area contributed by atoms with E-state index in [0.29, 0.717) is 30.5 Å². The molecule has 2 amide bonds. The minimum absolute atomic E-state index is 0.0494. The molecule has 0 spiro atoms. The van der Waals surface area contributed by atoms with Crippen molar-refractivity contribution in [3.63, 3.8) is 0 Å². The molecule has 4 saturated carbocycles. The first-order valence-corrected chi connectivity index (χ1v) is 9.79. The van der Waals surface area contributed by atoms with E-state index in [1.807, 2.05) is 31.2 Å².